The molecule has 0 spiro atoms. The van der Waals surface area contributed by atoms with Crippen molar-refractivity contribution >= 4 is 5.91 Å². The summed E-state index contributed by atoms with van der Waals surface area (Å²) in [7, 11) is 0. The van der Waals surface area contributed by atoms with Gasteiger partial charge in [0.15, 0.2) is 0 Å². The van der Waals surface area contributed by atoms with Crippen molar-refractivity contribution in [2.45, 2.75) is 40.0 Å². The van der Waals surface area contributed by atoms with E-state index in [4.69, 9.17) is 5.11 Å². The number of aliphatic hydroxyl groups is 1. The summed E-state index contributed by atoms with van der Waals surface area (Å²) in [5, 5.41) is 8.93. The van der Waals surface area contributed by atoms with Gasteiger partial charge in [-0.2, -0.15) is 0 Å². The highest BCUT2D eigenvalue weighted by molar-refractivity contribution is 5.95. The van der Waals surface area contributed by atoms with Crippen molar-refractivity contribution in [3.63, 3.8) is 0 Å². The Bertz CT molecular complexity index is 500. The molecule has 1 heterocycles. The van der Waals surface area contributed by atoms with Gasteiger partial charge in [-0.15, -0.1) is 0 Å². The second-order valence-corrected chi connectivity index (χ2v) is 5.06. The molecular formula is C15H24N2O3. The molecule has 0 aromatic carbocycles. The maximum Gasteiger partial charge on any atom is 0.261 e. The van der Waals surface area contributed by atoms with Crippen molar-refractivity contribution in [1.82, 2.24) is 9.88 Å². The molecule has 0 fully saturated rings. The van der Waals surface area contributed by atoms with E-state index in [1.54, 1.807) is 24.8 Å². The molecule has 112 valence electrons. The molecule has 0 aliphatic carbocycles. The maximum absolute atomic E-state index is 12.5. The van der Waals surface area contributed by atoms with E-state index in [0.717, 1.165) is 18.5 Å². The Morgan fingerprint density at radius 3 is 2.50 bits per heavy atom. The molecule has 0 unspecified atom stereocenters. The van der Waals surface area contributed by atoms with Gasteiger partial charge in [0.2, 0.25) is 0 Å². The van der Waals surface area contributed by atoms with Crippen LogP contribution in [-0.2, 0) is 0 Å². The van der Waals surface area contributed by atoms with Gasteiger partial charge in [0, 0.05) is 25.4 Å². The Labute approximate surface area is 119 Å². The fraction of sp³-hybridized carbons (Fsp3) is 0.600. The summed E-state index contributed by atoms with van der Waals surface area (Å²) in [5.41, 5.74) is 1.32. The number of rotatable bonds is 7. The van der Waals surface area contributed by atoms with Crippen LogP contribution >= 0.6 is 0 Å². The highest BCUT2D eigenvalue weighted by atomic mass is 16.3. The van der Waals surface area contributed by atoms with Gasteiger partial charge in [0.25, 0.3) is 11.5 Å². The summed E-state index contributed by atoms with van der Waals surface area (Å²) in [5.74, 6) is -0.245. The van der Waals surface area contributed by atoms with Crippen molar-refractivity contribution in [2.75, 3.05) is 19.7 Å². The van der Waals surface area contributed by atoms with E-state index >= 15 is 0 Å². The van der Waals surface area contributed by atoms with Crippen molar-refractivity contribution in [1.29, 1.82) is 0 Å². The molecule has 0 bridgehead atoms. The monoisotopic (exact) mass is 280 g/mol. The van der Waals surface area contributed by atoms with Crippen LogP contribution < -0.4 is 5.56 Å². The first-order valence-electron chi connectivity index (χ1n) is 7.11. The number of aryl methyl sites for hydroxylation is 2. The number of pyridine rings is 1. The fourth-order valence-corrected chi connectivity index (χ4v) is 2.20. The quantitative estimate of drug-likeness (QED) is 0.797. The van der Waals surface area contributed by atoms with Crippen LogP contribution in [0.4, 0.5) is 0 Å². The predicted octanol–water partition coefficient (Wildman–Crippen LogP) is 1.62. The SMILES string of the molecule is CCCCN(CCCO)C(=O)c1c(C)cc(C)[nH]c1=O. The van der Waals surface area contributed by atoms with E-state index in [0.29, 0.717) is 25.1 Å². The van der Waals surface area contributed by atoms with E-state index in [1.807, 2.05) is 0 Å². The minimum atomic E-state index is -0.335. The minimum Gasteiger partial charge on any atom is -0.396 e. The summed E-state index contributed by atoms with van der Waals surface area (Å²) >= 11 is 0. The van der Waals surface area contributed by atoms with E-state index in [2.05, 4.69) is 11.9 Å². The lowest BCUT2D eigenvalue weighted by Gasteiger charge is -2.22. The summed E-state index contributed by atoms with van der Waals surface area (Å²) in [6.07, 6.45) is 2.39. The maximum atomic E-state index is 12.5. The van der Waals surface area contributed by atoms with Crippen LogP contribution in [0.1, 0.15) is 47.8 Å². The third kappa shape index (κ3) is 4.20. The zero-order chi connectivity index (χ0) is 15.1. The number of carbonyl (C=O) groups is 1. The summed E-state index contributed by atoms with van der Waals surface area (Å²) in [4.78, 5) is 28.9. The van der Waals surface area contributed by atoms with Crippen molar-refractivity contribution in [3.05, 3.63) is 33.2 Å². The standard InChI is InChI=1S/C15H24N2O3/c1-4-5-7-17(8-6-9-18)15(20)13-11(2)10-12(3)16-14(13)19/h10,18H,4-9H2,1-3H3,(H,16,19). The zero-order valence-electron chi connectivity index (χ0n) is 12.5. The van der Waals surface area contributed by atoms with Gasteiger partial charge >= 0.3 is 0 Å². The lowest BCUT2D eigenvalue weighted by atomic mass is 10.1. The number of amides is 1. The number of hydrogen-bond donors (Lipinski definition) is 2. The van der Waals surface area contributed by atoms with Crippen molar-refractivity contribution in [2.24, 2.45) is 0 Å². The molecule has 0 saturated carbocycles. The molecule has 0 atom stereocenters. The Morgan fingerprint density at radius 1 is 1.30 bits per heavy atom. The smallest absolute Gasteiger partial charge is 0.261 e. The highest BCUT2D eigenvalue weighted by Crippen LogP contribution is 2.09. The first-order chi connectivity index (χ1) is 9.51. The van der Waals surface area contributed by atoms with Crippen LogP contribution in [0.15, 0.2) is 10.9 Å². The summed E-state index contributed by atoms with van der Waals surface area (Å²) < 4.78 is 0. The largest absolute Gasteiger partial charge is 0.396 e. The minimum absolute atomic E-state index is 0.0408. The van der Waals surface area contributed by atoms with Gasteiger partial charge in [-0.25, -0.2) is 0 Å². The summed E-state index contributed by atoms with van der Waals surface area (Å²) in [6, 6.07) is 1.80. The molecule has 20 heavy (non-hydrogen) atoms. The average molecular weight is 280 g/mol. The molecule has 0 aliphatic heterocycles. The number of nitrogens with one attached hydrogen (secondary N) is 1. The second-order valence-electron chi connectivity index (χ2n) is 5.06. The number of aromatic nitrogens is 1. The molecule has 1 amide bonds. The Morgan fingerprint density at radius 2 is 1.95 bits per heavy atom. The number of nitrogens with zero attached hydrogens (tertiary/aromatic N) is 1. The lowest BCUT2D eigenvalue weighted by molar-refractivity contribution is 0.0740. The van der Waals surface area contributed by atoms with E-state index in [9.17, 15) is 9.59 Å². The fourth-order valence-electron chi connectivity index (χ4n) is 2.20. The Balaban J connectivity index is 3.02. The molecule has 2 N–H and O–H groups in total. The number of unbranched alkanes of at least 4 members (excludes halogenated alkanes) is 1. The topological polar surface area (TPSA) is 73.4 Å². The van der Waals surface area contributed by atoms with Crippen LogP contribution in [0, 0.1) is 13.8 Å². The number of carbonyl (C=O) groups excluding carboxylic acids is 1. The van der Waals surface area contributed by atoms with Gasteiger partial charge in [-0.1, -0.05) is 13.3 Å². The molecule has 0 radical (unpaired) electrons. The molecular weight excluding hydrogens is 256 g/mol. The first kappa shape index (κ1) is 16.4. The average Bonchev–Trinajstić information content (AvgIpc) is 2.37. The van der Waals surface area contributed by atoms with E-state index in [1.165, 1.54) is 0 Å². The van der Waals surface area contributed by atoms with E-state index < -0.39 is 0 Å². The van der Waals surface area contributed by atoms with E-state index in [-0.39, 0.29) is 23.6 Å². The zero-order valence-corrected chi connectivity index (χ0v) is 12.5. The van der Waals surface area contributed by atoms with Crippen LogP contribution in [-0.4, -0.2) is 40.6 Å². The number of H-pyrrole nitrogens is 1. The molecule has 1 aromatic heterocycles. The molecule has 5 nitrogen and oxygen atoms in total. The molecule has 0 saturated heterocycles. The summed E-state index contributed by atoms with van der Waals surface area (Å²) in [6.45, 7) is 6.75. The van der Waals surface area contributed by atoms with Crippen LogP contribution in [0.5, 0.6) is 0 Å². The van der Waals surface area contributed by atoms with Gasteiger partial charge in [0.05, 0.1) is 0 Å². The van der Waals surface area contributed by atoms with Crippen molar-refractivity contribution in [3.8, 4) is 0 Å². The Hall–Kier alpha value is -1.62. The molecule has 1 aromatic rings. The van der Waals surface area contributed by atoms with Crippen LogP contribution in [0.2, 0.25) is 0 Å². The number of hydrogen-bond acceptors (Lipinski definition) is 3. The van der Waals surface area contributed by atoms with Crippen LogP contribution in [0.3, 0.4) is 0 Å². The normalized spacial score (nSPS) is 10.6. The van der Waals surface area contributed by atoms with Gasteiger partial charge < -0.3 is 15.0 Å². The number of aliphatic hydroxyl groups excluding tert-OH is 1. The second kappa shape index (κ2) is 7.85. The first-order valence-corrected chi connectivity index (χ1v) is 7.11. The molecule has 0 aliphatic rings. The third-order valence-corrected chi connectivity index (χ3v) is 3.23. The highest BCUT2D eigenvalue weighted by Gasteiger charge is 2.20. The predicted molar refractivity (Wildman–Crippen MR) is 79.1 cm³/mol. The lowest BCUT2D eigenvalue weighted by Crippen LogP contribution is -2.37. The van der Waals surface area contributed by atoms with Gasteiger partial charge in [-0.3, -0.25) is 9.59 Å². The van der Waals surface area contributed by atoms with Gasteiger partial charge in [-0.05, 0) is 38.3 Å². The molecule has 1 rings (SSSR count). The van der Waals surface area contributed by atoms with Crippen LogP contribution in [0.25, 0.3) is 0 Å². The third-order valence-electron chi connectivity index (χ3n) is 3.23. The van der Waals surface area contributed by atoms with Gasteiger partial charge in [0.1, 0.15) is 5.56 Å². The Kier molecular flexibility index (Phi) is 6.45. The number of aromatic amines is 1. The van der Waals surface area contributed by atoms with Crippen molar-refractivity contribution < 1.29 is 9.90 Å². The molecule has 5 heteroatoms.